The van der Waals surface area contributed by atoms with Gasteiger partial charge in [0, 0.05) is 23.4 Å². The zero-order chi connectivity index (χ0) is 16.0. The van der Waals surface area contributed by atoms with Crippen molar-refractivity contribution in [3.05, 3.63) is 45.1 Å². The van der Waals surface area contributed by atoms with Gasteiger partial charge in [0.15, 0.2) is 5.57 Å². The van der Waals surface area contributed by atoms with Gasteiger partial charge < -0.3 is 11.1 Å². The molecule has 1 aromatic rings. The maximum atomic E-state index is 10.7. The number of nitrogens with one attached hydrogen (secondary N) is 1. The highest BCUT2D eigenvalue weighted by Gasteiger charge is 2.15. The molecule has 21 heavy (non-hydrogen) atoms. The van der Waals surface area contributed by atoms with E-state index in [4.69, 9.17) is 33.7 Å². The summed E-state index contributed by atoms with van der Waals surface area (Å²) in [7, 11) is 0. The molecule has 1 rings (SSSR count). The number of allylic oxidation sites excluding steroid dienone is 2. The molecular formula is C12H6N6O2S. The molecule has 3 N–H and O–H groups in total. The molecule has 9 heteroatoms. The topological polar surface area (TPSA) is 153 Å². The molecule has 0 aromatic heterocycles. The average Bonchev–Trinajstić information content (AvgIpc) is 2.47. The van der Waals surface area contributed by atoms with Crippen LogP contribution < -0.4 is 11.1 Å². The monoisotopic (exact) mass is 298 g/mol. The number of thiocarbonyl (C=S) groups is 1. The van der Waals surface area contributed by atoms with Crippen LogP contribution in [0.1, 0.15) is 5.56 Å². The van der Waals surface area contributed by atoms with Crippen LogP contribution in [-0.2, 0) is 0 Å². The molecule has 1 aromatic carbocycles. The van der Waals surface area contributed by atoms with Crippen LogP contribution in [0.4, 0.5) is 11.4 Å². The van der Waals surface area contributed by atoms with Crippen molar-refractivity contribution in [1.82, 2.24) is 0 Å². The molecule has 0 fully saturated rings. The Bertz CT molecular complexity index is 762. The van der Waals surface area contributed by atoms with E-state index in [1.165, 1.54) is 12.1 Å². The van der Waals surface area contributed by atoms with Crippen LogP contribution in [0.5, 0.6) is 0 Å². The first-order valence-corrected chi connectivity index (χ1v) is 5.65. The maximum Gasteiger partial charge on any atom is 0.270 e. The van der Waals surface area contributed by atoms with E-state index in [0.717, 1.165) is 6.07 Å². The summed E-state index contributed by atoms with van der Waals surface area (Å²) in [5.74, 6) is 0. The van der Waals surface area contributed by atoms with Gasteiger partial charge in [-0.1, -0.05) is 12.2 Å². The summed E-state index contributed by atoms with van der Waals surface area (Å²) in [5.41, 5.74) is 4.84. The van der Waals surface area contributed by atoms with Gasteiger partial charge in [-0.15, -0.1) is 0 Å². The number of benzene rings is 1. The lowest BCUT2D eigenvalue weighted by molar-refractivity contribution is -0.384. The van der Waals surface area contributed by atoms with Gasteiger partial charge in [0.25, 0.3) is 5.69 Å². The van der Waals surface area contributed by atoms with Crippen LogP contribution >= 0.6 is 12.2 Å². The van der Waals surface area contributed by atoms with Crippen molar-refractivity contribution in [2.45, 2.75) is 0 Å². The molecule has 0 spiro atoms. The van der Waals surface area contributed by atoms with Gasteiger partial charge in [0.05, 0.1) is 4.92 Å². The number of hydrogen-bond donors (Lipinski definition) is 2. The molecule has 0 aliphatic heterocycles. The first kappa shape index (κ1) is 15.6. The van der Waals surface area contributed by atoms with E-state index >= 15 is 0 Å². The third kappa shape index (κ3) is 3.51. The van der Waals surface area contributed by atoms with Crippen molar-refractivity contribution in [2.24, 2.45) is 5.73 Å². The zero-order valence-electron chi connectivity index (χ0n) is 10.3. The van der Waals surface area contributed by atoms with Gasteiger partial charge in [-0.3, -0.25) is 10.1 Å². The van der Waals surface area contributed by atoms with Gasteiger partial charge in [-0.2, -0.15) is 15.8 Å². The summed E-state index contributed by atoms with van der Waals surface area (Å²) in [5, 5.41) is 39.7. The maximum absolute atomic E-state index is 10.7. The van der Waals surface area contributed by atoms with Crippen LogP contribution in [0.3, 0.4) is 0 Å². The number of nitro groups is 1. The summed E-state index contributed by atoms with van der Waals surface area (Å²) >= 11 is 4.79. The van der Waals surface area contributed by atoms with Gasteiger partial charge in [-0.05, 0) is 6.07 Å². The van der Waals surface area contributed by atoms with Crippen LogP contribution in [0.15, 0.2) is 29.5 Å². The lowest BCUT2D eigenvalue weighted by atomic mass is 10.1. The summed E-state index contributed by atoms with van der Waals surface area (Å²) < 4.78 is 0. The molecule has 8 nitrogen and oxygen atoms in total. The minimum atomic E-state index is -0.622. The average molecular weight is 298 g/mol. The molecule has 0 atom stereocenters. The Morgan fingerprint density at radius 3 is 2.33 bits per heavy atom. The fourth-order valence-electron chi connectivity index (χ4n) is 1.38. The molecule has 0 radical (unpaired) electrons. The molecule has 0 bridgehead atoms. The Kier molecular flexibility index (Phi) is 4.91. The Balaban J connectivity index is 3.40. The number of hydrogen-bond acceptors (Lipinski definition) is 7. The highest BCUT2D eigenvalue weighted by molar-refractivity contribution is 7.80. The molecular weight excluding hydrogens is 292 g/mol. The van der Waals surface area contributed by atoms with Crippen molar-refractivity contribution in [3.63, 3.8) is 0 Å². The largest absolute Gasteiger partial charge is 0.389 e. The van der Waals surface area contributed by atoms with E-state index in [1.54, 1.807) is 18.2 Å². The van der Waals surface area contributed by atoms with Crippen LogP contribution in [0.2, 0.25) is 0 Å². The minimum absolute atomic E-state index is 0.127. The van der Waals surface area contributed by atoms with Crippen LogP contribution in [0, 0.1) is 44.1 Å². The minimum Gasteiger partial charge on any atom is -0.389 e. The summed E-state index contributed by atoms with van der Waals surface area (Å²) in [6.07, 6.45) is 0. The summed E-state index contributed by atoms with van der Waals surface area (Å²) in [6.45, 7) is 0. The summed E-state index contributed by atoms with van der Waals surface area (Å²) in [4.78, 5) is 9.97. The first-order chi connectivity index (χ1) is 9.94. The first-order valence-electron chi connectivity index (χ1n) is 5.24. The van der Waals surface area contributed by atoms with Crippen molar-refractivity contribution >= 4 is 28.6 Å². The van der Waals surface area contributed by atoms with E-state index in [-0.39, 0.29) is 27.6 Å². The smallest absolute Gasteiger partial charge is 0.270 e. The van der Waals surface area contributed by atoms with Crippen molar-refractivity contribution in [3.8, 4) is 18.2 Å². The molecule has 0 saturated carbocycles. The fraction of sp³-hybridized carbons (Fsp3) is 0. The number of nitrogens with zero attached hydrogens (tertiary/aromatic N) is 4. The number of anilines is 1. The normalized spacial score (nSPS) is 8.62. The number of nitro benzene ring substituents is 1. The van der Waals surface area contributed by atoms with E-state index in [2.05, 4.69) is 5.32 Å². The standard InChI is InChI=1S/C12H6N6O2S/c13-4-7(5-14)11(6-15)17-10-2-1-8(18(19)20)3-9(10)12(16)21/h1-3,17H,(H2,16,21). The number of rotatable bonds is 4. The van der Waals surface area contributed by atoms with Crippen LogP contribution in [-0.4, -0.2) is 9.91 Å². The molecule has 0 aliphatic rings. The molecule has 0 heterocycles. The number of non-ortho nitro benzene ring substituents is 1. The van der Waals surface area contributed by atoms with Crippen molar-refractivity contribution in [1.29, 1.82) is 15.8 Å². The molecule has 102 valence electrons. The molecule has 0 aliphatic carbocycles. The highest BCUT2D eigenvalue weighted by Crippen LogP contribution is 2.23. The molecule has 0 amide bonds. The van der Waals surface area contributed by atoms with Gasteiger partial charge >= 0.3 is 0 Å². The van der Waals surface area contributed by atoms with Crippen molar-refractivity contribution in [2.75, 3.05) is 5.32 Å². The van der Waals surface area contributed by atoms with Gasteiger partial charge in [-0.25, -0.2) is 0 Å². The lowest BCUT2D eigenvalue weighted by Crippen LogP contribution is -2.14. The number of nitrogens with two attached hydrogens (primary N) is 1. The van der Waals surface area contributed by atoms with Gasteiger partial charge in [0.2, 0.25) is 0 Å². The number of nitriles is 3. The summed E-state index contributed by atoms with van der Waals surface area (Å²) in [6, 6.07) is 8.39. The van der Waals surface area contributed by atoms with E-state index in [0.29, 0.717) is 0 Å². The van der Waals surface area contributed by atoms with E-state index < -0.39 is 10.5 Å². The Morgan fingerprint density at radius 1 is 1.29 bits per heavy atom. The highest BCUT2D eigenvalue weighted by atomic mass is 32.1. The second-order valence-corrected chi connectivity index (χ2v) is 4.00. The fourth-order valence-corrected chi connectivity index (χ4v) is 1.55. The molecule has 0 saturated heterocycles. The van der Waals surface area contributed by atoms with Crippen molar-refractivity contribution < 1.29 is 4.92 Å². The lowest BCUT2D eigenvalue weighted by Gasteiger charge is -2.10. The SMILES string of the molecule is N#CC(C#N)=C(C#N)Nc1ccc([N+](=O)[O-])cc1C(N)=S. The zero-order valence-corrected chi connectivity index (χ0v) is 11.1. The van der Waals surface area contributed by atoms with E-state index in [9.17, 15) is 10.1 Å². The quantitative estimate of drug-likeness (QED) is 0.366. The Labute approximate surface area is 124 Å². The molecule has 0 unspecified atom stereocenters. The third-order valence-electron chi connectivity index (χ3n) is 2.32. The second kappa shape index (κ2) is 6.62. The Morgan fingerprint density at radius 2 is 1.90 bits per heavy atom. The third-order valence-corrected chi connectivity index (χ3v) is 2.54. The second-order valence-electron chi connectivity index (χ2n) is 3.56. The van der Waals surface area contributed by atoms with E-state index in [1.807, 2.05) is 0 Å². The van der Waals surface area contributed by atoms with Crippen LogP contribution in [0.25, 0.3) is 0 Å². The Hall–Kier alpha value is -3.48. The predicted molar refractivity (Wildman–Crippen MR) is 76.5 cm³/mol. The van der Waals surface area contributed by atoms with Gasteiger partial charge in [0.1, 0.15) is 28.9 Å². The predicted octanol–water partition coefficient (Wildman–Crippen LogP) is 1.47.